The molecule has 5 rings (SSSR count). The fourth-order valence-electron chi connectivity index (χ4n) is 4.05. The second-order valence-electron chi connectivity index (χ2n) is 7.15. The van der Waals surface area contributed by atoms with Crippen LogP contribution in [0.1, 0.15) is 25.5 Å². The first-order chi connectivity index (χ1) is 13.8. The highest BCUT2D eigenvalue weighted by molar-refractivity contribution is 5.98. The third kappa shape index (κ3) is 2.61. The average Bonchev–Trinajstić information content (AvgIpc) is 3.21. The molecule has 1 aromatic carbocycles. The van der Waals surface area contributed by atoms with Crippen molar-refractivity contribution in [3.8, 4) is 11.1 Å². The van der Waals surface area contributed by atoms with Gasteiger partial charge in [0.25, 0.3) is 5.56 Å². The van der Waals surface area contributed by atoms with Crippen LogP contribution in [-0.4, -0.2) is 14.5 Å². The summed E-state index contributed by atoms with van der Waals surface area (Å²) >= 11 is 0. The van der Waals surface area contributed by atoms with Gasteiger partial charge in [-0.1, -0.05) is 37.3 Å². The fraction of sp³-hybridized carbons (Fsp3) is 0.167. The van der Waals surface area contributed by atoms with Gasteiger partial charge in [-0.25, -0.2) is 4.98 Å². The predicted octanol–water partition coefficient (Wildman–Crippen LogP) is 5.30. The molecule has 0 amide bonds. The van der Waals surface area contributed by atoms with Crippen molar-refractivity contribution in [1.82, 2.24) is 14.5 Å². The third-order valence-electron chi connectivity index (χ3n) is 5.43. The number of fused-ring (bicyclic) bond motifs is 2. The molecule has 0 atom stereocenters. The molecule has 4 heteroatoms. The summed E-state index contributed by atoms with van der Waals surface area (Å²) in [5, 5.41) is 2.76. The van der Waals surface area contributed by atoms with Crippen LogP contribution in [0.2, 0.25) is 0 Å². The van der Waals surface area contributed by atoms with E-state index in [9.17, 15) is 4.79 Å². The molecule has 1 aliphatic carbocycles. The molecule has 138 valence electrons. The van der Waals surface area contributed by atoms with E-state index in [1.807, 2.05) is 41.2 Å². The van der Waals surface area contributed by atoms with Gasteiger partial charge in [0, 0.05) is 34.7 Å². The van der Waals surface area contributed by atoms with Crippen molar-refractivity contribution in [1.29, 1.82) is 0 Å². The first-order valence-electron chi connectivity index (χ1n) is 9.74. The van der Waals surface area contributed by atoms with Crippen LogP contribution in [0.3, 0.4) is 0 Å². The average molecular weight is 367 g/mol. The number of aromatic amines is 1. The molecule has 0 saturated heterocycles. The molecule has 28 heavy (non-hydrogen) atoms. The summed E-state index contributed by atoms with van der Waals surface area (Å²) in [6.45, 7) is 2.10. The Hall–Kier alpha value is -3.40. The Morgan fingerprint density at radius 1 is 1.14 bits per heavy atom. The summed E-state index contributed by atoms with van der Waals surface area (Å²) in [5.74, 6) is 0. The molecule has 4 nitrogen and oxygen atoms in total. The fourth-order valence-corrected chi connectivity index (χ4v) is 4.05. The number of rotatable bonds is 3. The number of nitrogens with zero attached hydrogens (tertiary/aromatic N) is 2. The Morgan fingerprint density at radius 3 is 2.89 bits per heavy atom. The summed E-state index contributed by atoms with van der Waals surface area (Å²) < 4.78 is 1.88. The predicted molar refractivity (Wildman–Crippen MR) is 115 cm³/mol. The second-order valence-corrected chi connectivity index (χ2v) is 7.15. The second kappa shape index (κ2) is 6.64. The van der Waals surface area contributed by atoms with Gasteiger partial charge in [-0.15, -0.1) is 0 Å². The summed E-state index contributed by atoms with van der Waals surface area (Å²) in [6.07, 6.45) is 12.9. The van der Waals surface area contributed by atoms with Gasteiger partial charge in [0.2, 0.25) is 0 Å². The zero-order valence-electron chi connectivity index (χ0n) is 15.8. The monoisotopic (exact) mass is 367 g/mol. The van der Waals surface area contributed by atoms with Crippen LogP contribution >= 0.6 is 0 Å². The van der Waals surface area contributed by atoms with Crippen molar-refractivity contribution in [3.63, 3.8) is 0 Å². The number of allylic oxidation sites excluding steroid dienone is 4. The van der Waals surface area contributed by atoms with Gasteiger partial charge in [0.05, 0.1) is 5.39 Å². The highest BCUT2D eigenvalue weighted by Crippen LogP contribution is 2.29. The van der Waals surface area contributed by atoms with Crippen molar-refractivity contribution in [2.24, 2.45) is 0 Å². The first-order valence-corrected chi connectivity index (χ1v) is 9.74. The van der Waals surface area contributed by atoms with E-state index in [0.717, 1.165) is 63.6 Å². The normalized spacial score (nSPS) is 14.0. The minimum Gasteiger partial charge on any atom is -0.346 e. The first kappa shape index (κ1) is 16.8. The van der Waals surface area contributed by atoms with Crippen LogP contribution in [0.4, 0.5) is 0 Å². The van der Waals surface area contributed by atoms with E-state index in [1.54, 1.807) is 0 Å². The molecule has 0 fully saturated rings. The summed E-state index contributed by atoms with van der Waals surface area (Å²) in [5.41, 5.74) is 4.79. The molecule has 3 heterocycles. The maximum absolute atomic E-state index is 13.7. The molecule has 0 spiro atoms. The van der Waals surface area contributed by atoms with Crippen LogP contribution in [0, 0.1) is 0 Å². The summed E-state index contributed by atoms with van der Waals surface area (Å²) in [7, 11) is 0. The molecule has 0 radical (unpaired) electrons. The molecular formula is C24H21N3O. The molecular weight excluding hydrogens is 346 g/mol. The molecule has 0 aliphatic heterocycles. The van der Waals surface area contributed by atoms with Crippen LogP contribution < -0.4 is 5.56 Å². The highest BCUT2D eigenvalue weighted by Gasteiger charge is 2.15. The standard InChI is InChI=1S/C24H21N3O/c1-2-19-14-16-7-6-10-21(18-13-17-11-12-25-23(17)26-15-18)22(16)24(28)27(19)20-8-4-3-5-9-20/h4,6-15H,2-3,5H2,1H3,(H,25,26). The Labute approximate surface area is 162 Å². The summed E-state index contributed by atoms with van der Waals surface area (Å²) in [4.78, 5) is 21.3. The number of H-pyrrole nitrogens is 1. The van der Waals surface area contributed by atoms with Crippen molar-refractivity contribution in [2.75, 3.05) is 0 Å². The summed E-state index contributed by atoms with van der Waals surface area (Å²) in [6, 6.07) is 12.3. The molecule has 3 aromatic heterocycles. The minimum absolute atomic E-state index is 0.0388. The number of pyridine rings is 2. The third-order valence-corrected chi connectivity index (χ3v) is 5.43. The van der Waals surface area contributed by atoms with Crippen LogP contribution in [0.25, 0.3) is 38.6 Å². The maximum Gasteiger partial charge on any atom is 0.263 e. The number of nitrogens with one attached hydrogen (secondary N) is 1. The van der Waals surface area contributed by atoms with Gasteiger partial charge >= 0.3 is 0 Å². The lowest BCUT2D eigenvalue weighted by Gasteiger charge is -2.17. The molecule has 1 aliphatic rings. The molecule has 0 unspecified atom stereocenters. The van der Waals surface area contributed by atoms with E-state index < -0.39 is 0 Å². The zero-order chi connectivity index (χ0) is 19.1. The van der Waals surface area contributed by atoms with Crippen molar-refractivity contribution >= 4 is 27.5 Å². The van der Waals surface area contributed by atoms with E-state index >= 15 is 0 Å². The van der Waals surface area contributed by atoms with Gasteiger partial charge < -0.3 is 4.98 Å². The smallest absolute Gasteiger partial charge is 0.263 e. The van der Waals surface area contributed by atoms with E-state index in [2.05, 4.69) is 47.3 Å². The van der Waals surface area contributed by atoms with E-state index in [1.165, 1.54) is 0 Å². The van der Waals surface area contributed by atoms with Crippen molar-refractivity contribution in [3.05, 3.63) is 83.1 Å². The van der Waals surface area contributed by atoms with Crippen molar-refractivity contribution < 1.29 is 0 Å². The van der Waals surface area contributed by atoms with E-state index in [-0.39, 0.29) is 5.56 Å². The molecule has 0 saturated carbocycles. The Kier molecular flexibility index (Phi) is 3.97. The van der Waals surface area contributed by atoms with Crippen LogP contribution in [0.15, 0.2) is 71.8 Å². The number of hydrogen-bond acceptors (Lipinski definition) is 2. The number of aromatic nitrogens is 3. The number of aryl methyl sites for hydroxylation is 1. The lowest BCUT2D eigenvalue weighted by atomic mass is 9.98. The highest BCUT2D eigenvalue weighted by atomic mass is 16.1. The molecule has 0 bridgehead atoms. The largest absolute Gasteiger partial charge is 0.346 e. The molecule has 1 N–H and O–H groups in total. The number of hydrogen-bond donors (Lipinski definition) is 1. The SMILES string of the molecule is CCc1cc2cccc(-c3cnc4[nH]ccc4c3)c2c(=O)n1C1=CCCC=C1. The quantitative estimate of drug-likeness (QED) is 0.534. The Morgan fingerprint density at radius 2 is 2.07 bits per heavy atom. The number of benzene rings is 1. The minimum atomic E-state index is 0.0388. The van der Waals surface area contributed by atoms with Gasteiger partial charge in [-0.2, -0.15) is 0 Å². The van der Waals surface area contributed by atoms with Gasteiger partial charge in [-0.05, 0) is 54.5 Å². The van der Waals surface area contributed by atoms with Crippen LogP contribution in [0.5, 0.6) is 0 Å². The lowest BCUT2D eigenvalue weighted by molar-refractivity contribution is 0.895. The van der Waals surface area contributed by atoms with Gasteiger partial charge in [0.15, 0.2) is 0 Å². The lowest BCUT2D eigenvalue weighted by Crippen LogP contribution is -2.23. The van der Waals surface area contributed by atoms with Gasteiger partial charge in [-0.3, -0.25) is 9.36 Å². The van der Waals surface area contributed by atoms with Crippen LogP contribution in [-0.2, 0) is 6.42 Å². The molecule has 4 aromatic rings. The Balaban J connectivity index is 1.82. The topological polar surface area (TPSA) is 50.7 Å². The van der Waals surface area contributed by atoms with Gasteiger partial charge in [0.1, 0.15) is 5.65 Å². The maximum atomic E-state index is 13.7. The van der Waals surface area contributed by atoms with E-state index in [4.69, 9.17) is 0 Å². The zero-order valence-corrected chi connectivity index (χ0v) is 15.8. The Bertz CT molecular complexity index is 1320. The van der Waals surface area contributed by atoms with Crippen molar-refractivity contribution in [2.45, 2.75) is 26.2 Å². The van der Waals surface area contributed by atoms with E-state index in [0.29, 0.717) is 0 Å².